The molecule has 0 aliphatic carbocycles. The van der Waals surface area contributed by atoms with Gasteiger partial charge < -0.3 is 20.1 Å². The molecule has 4 rings (SSSR count). The van der Waals surface area contributed by atoms with Crippen molar-refractivity contribution in [3.8, 4) is 0 Å². The molecule has 29 heavy (non-hydrogen) atoms. The Balaban J connectivity index is 1.36. The highest BCUT2D eigenvalue weighted by atomic mass is 32.1. The van der Waals surface area contributed by atoms with Gasteiger partial charge in [0.25, 0.3) is 5.91 Å². The number of ether oxygens (including phenoxy) is 1. The molecule has 1 fully saturated rings. The zero-order valence-electron chi connectivity index (χ0n) is 15.9. The number of nitrogens with one attached hydrogen (secondary N) is 1. The first kappa shape index (κ1) is 19.9. The molecule has 2 aromatic rings. The Hall–Kier alpha value is -2.43. The summed E-state index contributed by atoms with van der Waals surface area (Å²) in [6.45, 7) is 3.12. The molecule has 0 bridgehead atoms. The largest absolute Gasteiger partial charge is 0.457 e. The number of benzene rings is 1. The van der Waals surface area contributed by atoms with Crippen molar-refractivity contribution in [2.24, 2.45) is 0 Å². The van der Waals surface area contributed by atoms with Crippen molar-refractivity contribution < 1.29 is 23.8 Å². The molecule has 8 nitrogen and oxygen atoms in total. The van der Waals surface area contributed by atoms with E-state index in [1.807, 2.05) is 11.8 Å². The molecule has 154 valence electrons. The Morgan fingerprint density at radius 1 is 1.45 bits per heavy atom. The van der Waals surface area contributed by atoms with Crippen LogP contribution in [0.25, 0.3) is 0 Å². The highest BCUT2D eigenvalue weighted by Gasteiger charge is 2.42. The number of alkyl halides is 1. The number of hydrogen-bond donors (Lipinski definition) is 2. The molecule has 10 heteroatoms. The van der Waals surface area contributed by atoms with Crippen molar-refractivity contribution in [1.29, 1.82) is 0 Å². The summed E-state index contributed by atoms with van der Waals surface area (Å²) < 4.78 is 23.8. The van der Waals surface area contributed by atoms with E-state index >= 15 is 4.39 Å². The van der Waals surface area contributed by atoms with Crippen LogP contribution in [0, 0.1) is 6.92 Å². The summed E-state index contributed by atoms with van der Waals surface area (Å²) in [5, 5.41) is 17.3. The predicted molar refractivity (Wildman–Crippen MR) is 103 cm³/mol. The van der Waals surface area contributed by atoms with E-state index in [4.69, 9.17) is 4.74 Å². The number of β-amino-alcohol motifs (C(OH)–C–C–N with tert-alkyl or cyclic N) is 1. The lowest BCUT2D eigenvalue weighted by molar-refractivity contribution is -0.130. The number of esters is 1. The van der Waals surface area contributed by atoms with Gasteiger partial charge in [0, 0.05) is 49.6 Å². The molecule has 2 aliphatic rings. The first-order valence-corrected chi connectivity index (χ1v) is 10.1. The molecule has 2 N–H and O–H groups in total. The SMILES string of the molecule is Cc1c([C@@H](O)CN2CCC(F)(C(=O)Nc3cnns3)CC2)ccc2c1COC2=O. The molecule has 1 aromatic heterocycles. The smallest absolute Gasteiger partial charge is 0.338 e. The van der Waals surface area contributed by atoms with E-state index in [0.29, 0.717) is 30.2 Å². The number of aromatic nitrogens is 2. The molecular formula is C19H21FN4O4S. The summed E-state index contributed by atoms with van der Waals surface area (Å²) in [4.78, 5) is 25.9. The van der Waals surface area contributed by atoms with Gasteiger partial charge in [-0.3, -0.25) is 4.79 Å². The number of hydrogen-bond acceptors (Lipinski definition) is 8. The summed E-state index contributed by atoms with van der Waals surface area (Å²) in [6.07, 6.45) is 0.696. The zero-order chi connectivity index (χ0) is 20.6. The van der Waals surface area contributed by atoms with E-state index in [1.54, 1.807) is 12.1 Å². The van der Waals surface area contributed by atoms with Crippen molar-refractivity contribution in [3.63, 3.8) is 0 Å². The van der Waals surface area contributed by atoms with Gasteiger partial charge in [0.2, 0.25) is 0 Å². The van der Waals surface area contributed by atoms with Crippen LogP contribution in [0.1, 0.15) is 46.0 Å². The maximum atomic E-state index is 15.1. The van der Waals surface area contributed by atoms with Crippen LogP contribution in [0.5, 0.6) is 0 Å². The van der Waals surface area contributed by atoms with Crippen LogP contribution < -0.4 is 5.32 Å². The summed E-state index contributed by atoms with van der Waals surface area (Å²) in [5.41, 5.74) is 0.972. The number of amides is 1. The fourth-order valence-corrected chi connectivity index (χ4v) is 4.25. The lowest BCUT2D eigenvalue weighted by Crippen LogP contribution is -2.49. The number of nitrogens with zero attached hydrogens (tertiary/aromatic N) is 3. The summed E-state index contributed by atoms with van der Waals surface area (Å²) in [6, 6.07) is 3.42. The summed E-state index contributed by atoms with van der Waals surface area (Å²) >= 11 is 0.997. The van der Waals surface area contributed by atoms with Crippen molar-refractivity contribution in [2.75, 3.05) is 25.0 Å². The number of aliphatic hydroxyl groups is 1. The molecule has 3 heterocycles. The Morgan fingerprint density at radius 2 is 2.21 bits per heavy atom. The van der Waals surface area contributed by atoms with Crippen LogP contribution >= 0.6 is 11.5 Å². The van der Waals surface area contributed by atoms with Crippen LogP contribution in [0.4, 0.5) is 9.39 Å². The summed E-state index contributed by atoms with van der Waals surface area (Å²) in [5.74, 6) is -1.02. The van der Waals surface area contributed by atoms with Crippen LogP contribution in [0.2, 0.25) is 0 Å². The minimum Gasteiger partial charge on any atom is -0.457 e. The van der Waals surface area contributed by atoms with Crippen LogP contribution in [0.15, 0.2) is 18.3 Å². The Labute approximate surface area is 170 Å². The van der Waals surface area contributed by atoms with Crippen LogP contribution in [0.3, 0.4) is 0 Å². The molecular weight excluding hydrogens is 399 g/mol. The van der Waals surface area contributed by atoms with Crippen LogP contribution in [-0.4, -0.2) is 56.8 Å². The quantitative estimate of drug-likeness (QED) is 0.713. The number of carbonyl (C=O) groups is 2. The lowest BCUT2D eigenvalue weighted by Gasteiger charge is -2.36. The third-order valence-electron chi connectivity index (χ3n) is 5.65. The van der Waals surface area contributed by atoms with Crippen molar-refractivity contribution >= 4 is 28.4 Å². The third-order valence-corrected chi connectivity index (χ3v) is 6.23. The van der Waals surface area contributed by atoms with Crippen molar-refractivity contribution in [3.05, 3.63) is 40.6 Å². The van der Waals surface area contributed by atoms with Gasteiger partial charge in [-0.05, 0) is 24.1 Å². The van der Waals surface area contributed by atoms with Gasteiger partial charge in [0.1, 0.15) is 11.6 Å². The van der Waals surface area contributed by atoms with Crippen molar-refractivity contribution in [1.82, 2.24) is 14.5 Å². The van der Waals surface area contributed by atoms with Gasteiger partial charge in [-0.1, -0.05) is 10.6 Å². The molecule has 0 saturated carbocycles. The monoisotopic (exact) mass is 420 g/mol. The molecule has 2 aliphatic heterocycles. The number of fused-ring (bicyclic) bond motifs is 1. The highest BCUT2D eigenvalue weighted by Crippen LogP contribution is 2.32. The van der Waals surface area contributed by atoms with E-state index in [-0.39, 0.29) is 25.4 Å². The highest BCUT2D eigenvalue weighted by molar-refractivity contribution is 7.10. The Kier molecular flexibility index (Phi) is 5.32. The molecule has 1 amide bonds. The number of anilines is 1. The average Bonchev–Trinajstić information content (AvgIpc) is 3.34. The van der Waals surface area contributed by atoms with Gasteiger partial charge >= 0.3 is 5.97 Å². The lowest BCUT2D eigenvalue weighted by atomic mass is 9.91. The Bertz CT molecular complexity index is 929. The second-order valence-electron chi connectivity index (χ2n) is 7.40. The van der Waals surface area contributed by atoms with Gasteiger partial charge in [-0.2, -0.15) is 0 Å². The third kappa shape index (κ3) is 3.87. The topological polar surface area (TPSA) is 105 Å². The number of halogens is 1. The zero-order valence-corrected chi connectivity index (χ0v) is 16.7. The fraction of sp³-hybridized carbons (Fsp3) is 0.474. The fourth-order valence-electron chi connectivity index (χ4n) is 3.83. The molecule has 0 spiro atoms. The summed E-state index contributed by atoms with van der Waals surface area (Å²) in [7, 11) is 0. The molecule has 1 saturated heterocycles. The van der Waals surface area contributed by atoms with E-state index in [1.165, 1.54) is 6.20 Å². The van der Waals surface area contributed by atoms with E-state index in [9.17, 15) is 14.7 Å². The van der Waals surface area contributed by atoms with E-state index in [0.717, 1.165) is 28.2 Å². The Morgan fingerprint density at radius 3 is 2.90 bits per heavy atom. The number of carbonyl (C=O) groups excluding carboxylic acids is 2. The second kappa shape index (κ2) is 7.77. The normalized spacial score (nSPS) is 19.5. The first-order chi connectivity index (χ1) is 13.9. The minimum atomic E-state index is -1.95. The van der Waals surface area contributed by atoms with Crippen LogP contribution in [-0.2, 0) is 16.1 Å². The molecule has 1 aromatic carbocycles. The second-order valence-corrected chi connectivity index (χ2v) is 8.19. The van der Waals surface area contributed by atoms with E-state index in [2.05, 4.69) is 14.9 Å². The molecule has 1 atom stereocenters. The van der Waals surface area contributed by atoms with Gasteiger partial charge in [-0.25, -0.2) is 9.18 Å². The average molecular weight is 420 g/mol. The van der Waals surface area contributed by atoms with Crippen molar-refractivity contribution in [2.45, 2.75) is 38.1 Å². The predicted octanol–water partition coefficient (Wildman–Crippen LogP) is 1.99. The molecule has 0 unspecified atom stereocenters. The first-order valence-electron chi connectivity index (χ1n) is 9.35. The number of likely N-dealkylation sites (tertiary alicyclic amines) is 1. The number of piperidine rings is 1. The van der Waals surface area contributed by atoms with Gasteiger partial charge in [0.05, 0.1) is 17.9 Å². The van der Waals surface area contributed by atoms with Gasteiger partial charge in [0.15, 0.2) is 5.67 Å². The number of aliphatic hydroxyl groups excluding tert-OH is 1. The van der Waals surface area contributed by atoms with E-state index < -0.39 is 17.7 Å². The number of cyclic esters (lactones) is 1. The minimum absolute atomic E-state index is 0.0449. The number of rotatable bonds is 5. The standard InChI is InChI=1S/C19H21FN4O4S/c1-11-12(2-3-13-14(11)10-28-17(13)26)15(25)9-24-6-4-19(20,5-7-24)18(27)22-16-8-21-23-29-16/h2-3,8,15,25H,4-7,9-10H2,1H3,(H,22,27)/t15-/m0/s1. The molecule has 0 radical (unpaired) electrons. The van der Waals surface area contributed by atoms with Gasteiger partial charge in [-0.15, -0.1) is 5.10 Å². The maximum absolute atomic E-state index is 15.1. The maximum Gasteiger partial charge on any atom is 0.338 e.